The molecule has 22 heavy (non-hydrogen) atoms. The summed E-state index contributed by atoms with van der Waals surface area (Å²) in [5.74, 6) is -1.09. The number of hydrogen-bond donors (Lipinski definition) is 1. The average Bonchev–Trinajstić information content (AvgIpc) is 3.09. The van der Waals surface area contributed by atoms with E-state index in [0.717, 1.165) is 0 Å². The lowest BCUT2D eigenvalue weighted by atomic mass is 10.3. The summed E-state index contributed by atoms with van der Waals surface area (Å²) in [4.78, 5) is 24.1. The highest BCUT2D eigenvalue weighted by Crippen LogP contribution is 2.20. The molecular weight excluding hydrogens is 310 g/mol. The number of esters is 1. The Balaban J connectivity index is 2.33. The van der Waals surface area contributed by atoms with Crippen molar-refractivity contribution in [3.8, 4) is 0 Å². The first-order valence-corrected chi connectivity index (χ1v) is 7.08. The summed E-state index contributed by atoms with van der Waals surface area (Å²) < 4.78 is 7.67. The fraction of sp³-hybridized carbons (Fsp3) is 0.385. The summed E-state index contributed by atoms with van der Waals surface area (Å²) in [5.41, 5.74) is 0.527. The summed E-state index contributed by atoms with van der Waals surface area (Å²) in [6.07, 6.45) is 2.96. The van der Waals surface area contributed by atoms with Crippen LogP contribution >= 0.6 is 11.6 Å². The van der Waals surface area contributed by atoms with Gasteiger partial charge in [0.05, 0.1) is 24.0 Å². The zero-order valence-corrected chi connectivity index (χ0v) is 13.2. The molecule has 0 saturated heterocycles. The van der Waals surface area contributed by atoms with E-state index < -0.39 is 11.9 Å². The van der Waals surface area contributed by atoms with Crippen molar-refractivity contribution in [2.45, 2.75) is 26.9 Å². The van der Waals surface area contributed by atoms with E-state index in [2.05, 4.69) is 20.3 Å². The van der Waals surface area contributed by atoms with E-state index in [9.17, 15) is 9.59 Å². The second-order valence-corrected chi connectivity index (χ2v) is 4.76. The van der Waals surface area contributed by atoms with E-state index in [1.165, 1.54) is 22.7 Å². The summed E-state index contributed by atoms with van der Waals surface area (Å²) >= 11 is 5.99. The van der Waals surface area contributed by atoms with Gasteiger partial charge in [0.2, 0.25) is 0 Å². The number of carbonyl (C=O) groups is 2. The Morgan fingerprint density at radius 1 is 1.36 bits per heavy atom. The third-order valence-corrected chi connectivity index (χ3v) is 3.30. The SMILES string of the molecule is CCn1cc(NC(=O)c2c(Cl)cnn2CC)c(C(=O)OC)n1. The Labute approximate surface area is 132 Å². The molecule has 0 bridgehead atoms. The highest BCUT2D eigenvalue weighted by atomic mass is 35.5. The summed E-state index contributed by atoms with van der Waals surface area (Å²) in [5, 5.41) is 10.9. The van der Waals surface area contributed by atoms with Gasteiger partial charge in [0, 0.05) is 19.3 Å². The minimum absolute atomic E-state index is 0.0383. The smallest absolute Gasteiger partial charge is 0.360 e. The van der Waals surface area contributed by atoms with Crippen molar-refractivity contribution in [2.75, 3.05) is 12.4 Å². The lowest BCUT2D eigenvalue weighted by molar-refractivity contribution is 0.0594. The largest absolute Gasteiger partial charge is 0.464 e. The maximum absolute atomic E-state index is 12.4. The van der Waals surface area contributed by atoms with E-state index in [1.54, 1.807) is 6.20 Å². The van der Waals surface area contributed by atoms with Crippen LogP contribution in [0, 0.1) is 0 Å². The molecule has 0 fully saturated rings. The molecule has 2 heterocycles. The predicted molar refractivity (Wildman–Crippen MR) is 80.1 cm³/mol. The van der Waals surface area contributed by atoms with Crippen LogP contribution in [-0.2, 0) is 17.8 Å². The van der Waals surface area contributed by atoms with Crippen molar-refractivity contribution in [2.24, 2.45) is 0 Å². The molecule has 2 aromatic heterocycles. The van der Waals surface area contributed by atoms with Gasteiger partial charge in [-0.05, 0) is 13.8 Å². The Kier molecular flexibility index (Phi) is 4.81. The number of methoxy groups -OCH3 is 1. The first-order chi connectivity index (χ1) is 10.5. The average molecular weight is 326 g/mol. The molecule has 9 heteroatoms. The van der Waals surface area contributed by atoms with Crippen molar-refractivity contribution < 1.29 is 14.3 Å². The molecule has 2 aromatic rings. The standard InChI is InChI=1S/C13H16ClN5O3/c1-4-18-7-9(10(17-18)13(21)22-3)16-12(20)11-8(14)6-15-19(11)5-2/h6-7H,4-5H2,1-3H3,(H,16,20). The van der Waals surface area contributed by atoms with Gasteiger partial charge in [0.25, 0.3) is 5.91 Å². The topological polar surface area (TPSA) is 91.0 Å². The van der Waals surface area contributed by atoms with Gasteiger partial charge in [-0.1, -0.05) is 11.6 Å². The second kappa shape index (κ2) is 6.61. The predicted octanol–water partition coefficient (Wildman–Crippen LogP) is 1.81. The van der Waals surface area contributed by atoms with Gasteiger partial charge in [0.1, 0.15) is 5.69 Å². The van der Waals surface area contributed by atoms with Crippen molar-refractivity contribution in [1.82, 2.24) is 19.6 Å². The lowest BCUT2D eigenvalue weighted by Crippen LogP contribution is -2.19. The highest BCUT2D eigenvalue weighted by molar-refractivity contribution is 6.34. The van der Waals surface area contributed by atoms with Crippen LogP contribution in [0.25, 0.3) is 0 Å². The van der Waals surface area contributed by atoms with E-state index >= 15 is 0 Å². The molecule has 8 nitrogen and oxygen atoms in total. The van der Waals surface area contributed by atoms with Crippen molar-refractivity contribution in [1.29, 1.82) is 0 Å². The molecule has 1 amide bonds. The number of aryl methyl sites for hydroxylation is 2. The number of carbonyl (C=O) groups excluding carboxylic acids is 2. The number of amides is 1. The van der Waals surface area contributed by atoms with Crippen LogP contribution in [0.3, 0.4) is 0 Å². The first kappa shape index (κ1) is 16.0. The first-order valence-electron chi connectivity index (χ1n) is 6.70. The second-order valence-electron chi connectivity index (χ2n) is 4.35. The van der Waals surface area contributed by atoms with Crippen LogP contribution in [0.1, 0.15) is 34.8 Å². The monoisotopic (exact) mass is 325 g/mol. The van der Waals surface area contributed by atoms with Gasteiger partial charge in [-0.15, -0.1) is 0 Å². The third kappa shape index (κ3) is 2.96. The maximum Gasteiger partial charge on any atom is 0.360 e. The Bertz CT molecular complexity index is 707. The Morgan fingerprint density at radius 3 is 2.68 bits per heavy atom. The molecule has 2 rings (SSSR count). The number of halogens is 1. The van der Waals surface area contributed by atoms with Crippen molar-refractivity contribution >= 4 is 29.2 Å². The van der Waals surface area contributed by atoms with E-state index in [0.29, 0.717) is 13.1 Å². The van der Waals surface area contributed by atoms with Crippen LogP contribution < -0.4 is 5.32 Å². The summed E-state index contributed by atoms with van der Waals surface area (Å²) in [7, 11) is 1.25. The minimum atomic E-state index is -0.627. The van der Waals surface area contributed by atoms with Crippen LogP contribution in [0.5, 0.6) is 0 Å². The zero-order valence-electron chi connectivity index (χ0n) is 12.5. The van der Waals surface area contributed by atoms with Crippen LogP contribution in [-0.4, -0.2) is 38.5 Å². The molecule has 0 aliphatic rings. The molecular formula is C13H16ClN5O3. The zero-order chi connectivity index (χ0) is 16.3. The molecule has 0 aliphatic carbocycles. The van der Waals surface area contributed by atoms with Crippen LogP contribution in [0.2, 0.25) is 5.02 Å². The highest BCUT2D eigenvalue weighted by Gasteiger charge is 2.22. The quantitative estimate of drug-likeness (QED) is 0.847. The lowest BCUT2D eigenvalue weighted by Gasteiger charge is -2.06. The van der Waals surface area contributed by atoms with Crippen molar-refractivity contribution in [3.05, 3.63) is 28.8 Å². The van der Waals surface area contributed by atoms with Crippen molar-refractivity contribution in [3.63, 3.8) is 0 Å². The van der Waals surface area contributed by atoms with Gasteiger partial charge >= 0.3 is 5.97 Å². The number of nitrogens with zero attached hydrogens (tertiary/aromatic N) is 4. The number of rotatable bonds is 5. The molecule has 0 unspecified atom stereocenters. The number of ether oxygens (including phenoxy) is 1. The van der Waals surface area contributed by atoms with Gasteiger partial charge in [-0.2, -0.15) is 10.2 Å². The molecule has 0 aromatic carbocycles. The fourth-order valence-corrected chi connectivity index (χ4v) is 2.16. The van der Waals surface area contributed by atoms with Crippen LogP contribution in [0.4, 0.5) is 5.69 Å². The summed E-state index contributed by atoms with van der Waals surface area (Å²) in [6.45, 7) is 4.75. The number of anilines is 1. The fourth-order valence-electron chi connectivity index (χ4n) is 1.93. The minimum Gasteiger partial charge on any atom is -0.464 e. The van der Waals surface area contributed by atoms with E-state index in [1.807, 2.05) is 13.8 Å². The number of nitrogens with one attached hydrogen (secondary N) is 1. The number of hydrogen-bond acceptors (Lipinski definition) is 5. The van der Waals surface area contributed by atoms with Gasteiger partial charge in [0.15, 0.2) is 5.69 Å². The normalized spacial score (nSPS) is 10.5. The van der Waals surface area contributed by atoms with Gasteiger partial charge < -0.3 is 10.1 Å². The molecule has 1 N–H and O–H groups in total. The van der Waals surface area contributed by atoms with Crippen LogP contribution in [0.15, 0.2) is 12.4 Å². The molecule has 0 atom stereocenters. The third-order valence-electron chi connectivity index (χ3n) is 3.02. The van der Waals surface area contributed by atoms with E-state index in [4.69, 9.17) is 11.6 Å². The number of aromatic nitrogens is 4. The van der Waals surface area contributed by atoms with E-state index in [-0.39, 0.29) is 22.1 Å². The molecule has 0 radical (unpaired) electrons. The molecule has 0 spiro atoms. The van der Waals surface area contributed by atoms with Gasteiger partial charge in [-0.3, -0.25) is 14.2 Å². The Morgan fingerprint density at radius 2 is 2.09 bits per heavy atom. The maximum atomic E-state index is 12.4. The molecule has 0 aliphatic heterocycles. The summed E-state index contributed by atoms with van der Waals surface area (Å²) in [6, 6.07) is 0. The molecule has 0 saturated carbocycles. The Hall–Kier alpha value is -2.35. The molecule has 118 valence electrons. The van der Waals surface area contributed by atoms with Gasteiger partial charge in [-0.25, -0.2) is 4.79 Å².